The van der Waals surface area contributed by atoms with Gasteiger partial charge >= 0.3 is 0 Å². The van der Waals surface area contributed by atoms with Gasteiger partial charge in [-0.05, 0) is 46.6 Å². The topological polar surface area (TPSA) is 40.1 Å². The van der Waals surface area contributed by atoms with Crippen molar-refractivity contribution in [1.29, 1.82) is 0 Å². The molecule has 2 nitrogen and oxygen atoms in total. The van der Waals surface area contributed by atoms with Crippen LogP contribution in [0.4, 0.5) is 0 Å². The molecule has 0 saturated heterocycles. The minimum Gasteiger partial charge on any atom is -0.545 e. The van der Waals surface area contributed by atoms with Crippen LogP contribution in [0.1, 0.15) is 43.9 Å². The number of carbonyl (C=O) groups is 1. The van der Waals surface area contributed by atoms with Gasteiger partial charge in [-0.1, -0.05) is 39.0 Å². The van der Waals surface area contributed by atoms with Crippen LogP contribution in [0.2, 0.25) is 0 Å². The molecule has 0 radical (unpaired) electrons. The van der Waals surface area contributed by atoms with E-state index in [2.05, 4.69) is 32.9 Å². The largest absolute Gasteiger partial charge is 0.545 e. The first-order chi connectivity index (χ1) is 7.88. The number of carboxylic acids is 1. The Morgan fingerprint density at radius 3 is 2.59 bits per heavy atom. The van der Waals surface area contributed by atoms with Crippen molar-refractivity contribution in [1.82, 2.24) is 0 Å². The number of hydrogen-bond acceptors (Lipinski definition) is 2. The summed E-state index contributed by atoms with van der Waals surface area (Å²) in [6.45, 7) is 6.55. The number of hydrogen-bond donors (Lipinski definition) is 0. The maximum atomic E-state index is 10.6. The number of aliphatic carboxylic acids is 1. The molecule has 0 amide bonds. The monoisotopic (exact) mass is 229 g/mol. The molecular weight excluding hydrogens is 212 g/mol. The SMILES string of the molecule is CC(C)(C)c1ccc2c(c1)CC/C2=C\C(=O)[O-]. The molecular formula is C15H17O2-. The van der Waals surface area contributed by atoms with Crippen LogP contribution in [0.3, 0.4) is 0 Å². The summed E-state index contributed by atoms with van der Waals surface area (Å²) in [4.78, 5) is 10.6. The van der Waals surface area contributed by atoms with Crippen LogP contribution in [-0.4, -0.2) is 5.97 Å². The third-order valence-corrected chi connectivity index (χ3v) is 3.27. The first kappa shape index (κ1) is 11.9. The minimum atomic E-state index is -1.10. The van der Waals surface area contributed by atoms with Gasteiger partial charge in [0.15, 0.2) is 0 Å². The van der Waals surface area contributed by atoms with Gasteiger partial charge in [-0.2, -0.15) is 0 Å². The first-order valence-corrected chi connectivity index (χ1v) is 5.93. The molecule has 17 heavy (non-hydrogen) atoms. The number of benzene rings is 1. The highest BCUT2D eigenvalue weighted by molar-refractivity contribution is 5.90. The van der Waals surface area contributed by atoms with Crippen molar-refractivity contribution in [2.45, 2.75) is 39.0 Å². The number of aryl methyl sites for hydroxylation is 1. The smallest absolute Gasteiger partial charge is 0.0645 e. The van der Waals surface area contributed by atoms with Gasteiger partial charge in [-0.25, -0.2) is 0 Å². The Balaban J connectivity index is 2.42. The predicted molar refractivity (Wildman–Crippen MR) is 66.4 cm³/mol. The molecule has 1 aliphatic rings. The molecule has 0 aliphatic heterocycles. The lowest BCUT2D eigenvalue weighted by Gasteiger charge is -2.20. The lowest BCUT2D eigenvalue weighted by molar-refractivity contribution is -0.297. The molecule has 90 valence electrons. The number of allylic oxidation sites excluding steroid dienone is 1. The van der Waals surface area contributed by atoms with Crippen molar-refractivity contribution in [3.8, 4) is 0 Å². The van der Waals surface area contributed by atoms with Crippen LogP contribution in [0.5, 0.6) is 0 Å². The van der Waals surface area contributed by atoms with Gasteiger partial charge in [0.2, 0.25) is 0 Å². The third-order valence-electron chi connectivity index (χ3n) is 3.27. The summed E-state index contributed by atoms with van der Waals surface area (Å²) in [6, 6.07) is 6.33. The lowest BCUT2D eigenvalue weighted by atomic mass is 9.85. The van der Waals surface area contributed by atoms with Crippen molar-refractivity contribution >= 4 is 11.5 Å². The Hall–Kier alpha value is -1.57. The molecule has 0 N–H and O–H groups in total. The molecule has 1 aromatic carbocycles. The van der Waals surface area contributed by atoms with E-state index < -0.39 is 5.97 Å². The van der Waals surface area contributed by atoms with Crippen LogP contribution >= 0.6 is 0 Å². The molecule has 1 aromatic rings. The Kier molecular flexibility index (Phi) is 2.82. The minimum absolute atomic E-state index is 0.135. The van der Waals surface area contributed by atoms with Crippen LogP contribution in [-0.2, 0) is 16.6 Å². The van der Waals surface area contributed by atoms with Gasteiger partial charge in [-0.3, -0.25) is 0 Å². The predicted octanol–water partition coefficient (Wildman–Crippen LogP) is 2.06. The molecule has 0 fully saturated rings. The van der Waals surface area contributed by atoms with Gasteiger partial charge in [0.1, 0.15) is 0 Å². The van der Waals surface area contributed by atoms with E-state index in [-0.39, 0.29) is 5.41 Å². The second kappa shape index (κ2) is 4.02. The average molecular weight is 229 g/mol. The fraction of sp³-hybridized carbons (Fsp3) is 0.400. The summed E-state index contributed by atoms with van der Waals surface area (Å²) in [5.41, 5.74) is 4.65. The molecule has 0 spiro atoms. The van der Waals surface area contributed by atoms with E-state index in [9.17, 15) is 9.90 Å². The Labute approximate surface area is 102 Å². The van der Waals surface area contributed by atoms with Gasteiger partial charge in [0, 0.05) is 0 Å². The maximum absolute atomic E-state index is 10.6. The molecule has 1 aliphatic carbocycles. The molecule has 0 atom stereocenters. The molecule has 0 saturated carbocycles. The summed E-state index contributed by atoms with van der Waals surface area (Å²) < 4.78 is 0. The van der Waals surface area contributed by atoms with E-state index >= 15 is 0 Å². The molecule has 0 heterocycles. The van der Waals surface area contributed by atoms with Gasteiger partial charge in [0.25, 0.3) is 0 Å². The van der Waals surface area contributed by atoms with E-state index in [1.54, 1.807) is 0 Å². The highest BCUT2D eigenvalue weighted by Crippen LogP contribution is 2.35. The van der Waals surface area contributed by atoms with E-state index in [0.717, 1.165) is 24.0 Å². The maximum Gasteiger partial charge on any atom is 0.0645 e. The normalized spacial score (nSPS) is 17.2. The van der Waals surface area contributed by atoms with Gasteiger partial charge in [-0.15, -0.1) is 0 Å². The Morgan fingerprint density at radius 1 is 1.29 bits per heavy atom. The average Bonchev–Trinajstić information content (AvgIpc) is 2.59. The van der Waals surface area contributed by atoms with Crippen molar-refractivity contribution in [3.05, 3.63) is 41.0 Å². The fourth-order valence-electron chi connectivity index (χ4n) is 2.28. The Bertz CT molecular complexity index is 490. The summed E-state index contributed by atoms with van der Waals surface area (Å²) >= 11 is 0. The Morgan fingerprint density at radius 2 is 2.00 bits per heavy atom. The second-order valence-corrected chi connectivity index (χ2v) is 5.61. The van der Waals surface area contributed by atoms with E-state index in [0.29, 0.717) is 0 Å². The fourth-order valence-corrected chi connectivity index (χ4v) is 2.28. The summed E-state index contributed by atoms with van der Waals surface area (Å²) in [5, 5.41) is 10.6. The van der Waals surface area contributed by atoms with Crippen molar-refractivity contribution < 1.29 is 9.90 Å². The standard InChI is InChI=1S/C15H18O2/c1-15(2,3)12-6-7-13-10(8-12)4-5-11(13)9-14(16)17/h6-9H,4-5H2,1-3H3,(H,16,17)/p-1/b11-9+. The zero-order chi connectivity index (χ0) is 12.6. The van der Waals surface area contributed by atoms with Gasteiger partial charge in [0.05, 0.1) is 5.97 Å². The second-order valence-electron chi connectivity index (χ2n) is 5.61. The van der Waals surface area contributed by atoms with Crippen molar-refractivity contribution in [2.24, 2.45) is 0 Å². The molecule has 0 bridgehead atoms. The molecule has 0 unspecified atom stereocenters. The molecule has 2 heteroatoms. The van der Waals surface area contributed by atoms with Gasteiger partial charge < -0.3 is 9.90 Å². The number of carbonyl (C=O) groups excluding carboxylic acids is 1. The number of carboxylic acid groups (broad SMARTS) is 1. The highest BCUT2D eigenvalue weighted by atomic mass is 16.4. The van der Waals surface area contributed by atoms with Crippen molar-refractivity contribution in [3.63, 3.8) is 0 Å². The van der Waals surface area contributed by atoms with Crippen LogP contribution < -0.4 is 5.11 Å². The van der Waals surface area contributed by atoms with Crippen LogP contribution in [0, 0.1) is 0 Å². The first-order valence-electron chi connectivity index (χ1n) is 5.93. The number of rotatable bonds is 1. The van der Waals surface area contributed by atoms with Crippen LogP contribution in [0.25, 0.3) is 5.57 Å². The highest BCUT2D eigenvalue weighted by Gasteiger charge is 2.20. The summed E-state index contributed by atoms with van der Waals surface area (Å²) in [7, 11) is 0. The molecule has 2 rings (SSSR count). The third kappa shape index (κ3) is 2.41. The lowest BCUT2D eigenvalue weighted by Crippen LogP contribution is -2.19. The van der Waals surface area contributed by atoms with Crippen molar-refractivity contribution in [2.75, 3.05) is 0 Å². The zero-order valence-corrected chi connectivity index (χ0v) is 10.5. The quantitative estimate of drug-likeness (QED) is 0.692. The van der Waals surface area contributed by atoms with E-state index in [1.165, 1.54) is 17.2 Å². The summed E-state index contributed by atoms with van der Waals surface area (Å²) in [6.07, 6.45) is 2.96. The van der Waals surface area contributed by atoms with Crippen LogP contribution in [0.15, 0.2) is 24.3 Å². The summed E-state index contributed by atoms with van der Waals surface area (Å²) in [5.74, 6) is -1.10. The van der Waals surface area contributed by atoms with E-state index in [1.807, 2.05) is 6.07 Å². The van der Waals surface area contributed by atoms with E-state index in [4.69, 9.17) is 0 Å². The zero-order valence-electron chi connectivity index (χ0n) is 10.5. The number of fused-ring (bicyclic) bond motifs is 1. The molecule has 0 aromatic heterocycles.